The van der Waals surface area contributed by atoms with Crippen LogP contribution in [0.4, 0.5) is 0 Å². The highest BCUT2D eigenvalue weighted by molar-refractivity contribution is 5.76. The number of ether oxygens (including phenoxy) is 2. The normalized spacial score (nSPS) is 10.8. The molecule has 4 heteroatoms. The van der Waals surface area contributed by atoms with Gasteiger partial charge in [-0.3, -0.25) is 0 Å². The molecule has 4 nitrogen and oxygen atoms in total. The van der Waals surface area contributed by atoms with Crippen molar-refractivity contribution >= 4 is 0 Å². The molecule has 1 heterocycles. The number of nitrogens with zero attached hydrogens (tertiary/aromatic N) is 2. The Kier molecular flexibility index (Phi) is 5.57. The first-order valence-electron chi connectivity index (χ1n) is 10.1. The number of hydrogen-bond donors (Lipinski definition) is 0. The third-order valence-corrected chi connectivity index (χ3v) is 5.31. The maximum atomic E-state index is 5.35. The Morgan fingerprint density at radius 1 is 0.800 bits per heavy atom. The second kappa shape index (κ2) is 8.46. The summed E-state index contributed by atoms with van der Waals surface area (Å²) < 4.78 is 12.7. The summed E-state index contributed by atoms with van der Waals surface area (Å²) in [5, 5.41) is 5.08. The largest absolute Gasteiger partial charge is 0.497 e. The molecule has 0 saturated heterocycles. The maximum absolute atomic E-state index is 5.35. The van der Waals surface area contributed by atoms with Crippen LogP contribution in [-0.2, 0) is 6.42 Å². The first kappa shape index (κ1) is 19.8. The molecular formula is C26H26N2O2. The van der Waals surface area contributed by atoms with E-state index in [2.05, 4.69) is 67.1 Å². The van der Waals surface area contributed by atoms with Gasteiger partial charge in [-0.05, 0) is 79.6 Å². The van der Waals surface area contributed by atoms with Gasteiger partial charge in [0.15, 0.2) is 0 Å². The molecular weight excluding hydrogens is 372 g/mol. The molecule has 0 unspecified atom stereocenters. The van der Waals surface area contributed by atoms with Gasteiger partial charge in [-0.15, -0.1) is 0 Å². The Hall–Kier alpha value is -3.53. The van der Waals surface area contributed by atoms with Crippen molar-refractivity contribution in [2.75, 3.05) is 14.2 Å². The summed E-state index contributed by atoms with van der Waals surface area (Å²) in [4.78, 5) is 0. The maximum Gasteiger partial charge on any atom is 0.118 e. The highest BCUT2D eigenvalue weighted by atomic mass is 16.5. The van der Waals surface area contributed by atoms with Crippen LogP contribution in [0.3, 0.4) is 0 Å². The molecule has 30 heavy (non-hydrogen) atoms. The zero-order chi connectivity index (χ0) is 21.1. The third-order valence-electron chi connectivity index (χ3n) is 5.31. The van der Waals surface area contributed by atoms with Gasteiger partial charge in [0, 0.05) is 16.7 Å². The molecule has 0 fully saturated rings. The molecule has 0 aliphatic carbocycles. The number of rotatable bonds is 6. The Morgan fingerprint density at radius 3 is 1.93 bits per heavy atom. The lowest BCUT2D eigenvalue weighted by molar-refractivity contribution is 0.414. The molecule has 0 aliphatic rings. The fourth-order valence-electron chi connectivity index (χ4n) is 3.76. The zero-order valence-corrected chi connectivity index (χ0v) is 17.8. The average molecular weight is 399 g/mol. The molecule has 152 valence electrons. The summed E-state index contributed by atoms with van der Waals surface area (Å²) in [7, 11) is 3.37. The quantitative estimate of drug-likeness (QED) is 0.394. The van der Waals surface area contributed by atoms with Crippen molar-refractivity contribution in [3.63, 3.8) is 0 Å². The molecule has 0 saturated carbocycles. The standard InChI is InChI=1S/C26H26N2O2/c1-5-24-25(19-9-13-22(29-3)14-10-19)27-28(21-8-6-7-18(2)17-21)26(24)20-11-15-23(30-4)16-12-20/h6-17H,5H2,1-4H3. The molecule has 0 spiro atoms. The van der Waals surface area contributed by atoms with Crippen LogP contribution in [0.2, 0.25) is 0 Å². The number of benzene rings is 3. The van der Waals surface area contributed by atoms with Crippen LogP contribution < -0.4 is 9.47 Å². The first-order chi connectivity index (χ1) is 14.6. The van der Waals surface area contributed by atoms with E-state index in [1.165, 1.54) is 11.1 Å². The molecule has 0 radical (unpaired) electrons. The van der Waals surface area contributed by atoms with Crippen molar-refractivity contribution in [2.24, 2.45) is 0 Å². The zero-order valence-electron chi connectivity index (χ0n) is 17.8. The van der Waals surface area contributed by atoms with Crippen LogP contribution in [0, 0.1) is 6.92 Å². The van der Waals surface area contributed by atoms with Crippen LogP contribution in [0.1, 0.15) is 18.1 Å². The van der Waals surface area contributed by atoms with Gasteiger partial charge in [-0.1, -0.05) is 19.1 Å². The van der Waals surface area contributed by atoms with Gasteiger partial charge in [0.05, 0.1) is 31.3 Å². The predicted molar refractivity (Wildman–Crippen MR) is 122 cm³/mol. The summed E-state index contributed by atoms with van der Waals surface area (Å²) in [6.45, 7) is 4.28. The minimum absolute atomic E-state index is 0.838. The van der Waals surface area contributed by atoms with E-state index < -0.39 is 0 Å². The van der Waals surface area contributed by atoms with Crippen molar-refractivity contribution in [1.82, 2.24) is 9.78 Å². The van der Waals surface area contributed by atoms with Crippen LogP contribution in [0.15, 0.2) is 72.8 Å². The van der Waals surface area contributed by atoms with E-state index >= 15 is 0 Å². The van der Waals surface area contributed by atoms with Crippen molar-refractivity contribution in [1.29, 1.82) is 0 Å². The van der Waals surface area contributed by atoms with Gasteiger partial charge in [-0.2, -0.15) is 5.10 Å². The molecule has 0 amide bonds. The summed E-state index contributed by atoms with van der Waals surface area (Å²) in [5.41, 5.74) is 7.76. The number of hydrogen-bond acceptors (Lipinski definition) is 3. The summed E-state index contributed by atoms with van der Waals surface area (Å²) in [6, 6.07) is 24.7. The van der Waals surface area contributed by atoms with E-state index in [9.17, 15) is 0 Å². The third kappa shape index (κ3) is 3.69. The molecule has 4 aromatic rings. The minimum Gasteiger partial charge on any atom is -0.497 e. The monoisotopic (exact) mass is 398 g/mol. The molecule has 4 rings (SSSR count). The van der Waals surface area contributed by atoms with Crippen molar-refractivity contribution < 1.29 is 9.47 Å². The summed E-state index contributed by atoms with van der Waals surface area (Å²) in [5.74, 6) is 1.68. The molecule has 1 aromatic heterocycles. The molecule has 0 atom stereocenters. The Bertz CT molecular complexity index is 1140. The van der Waals surface area contributed by atoms with Gasteiger partial charge in [0.25, 0.3) is 0 Å². The molecule has 0 aliphatic heterocycles. The second-order valence-electron chi connectivity index (χ2n) is 7.24. The summed E-state index contributed by atoms with van der Waals surface area (Å²) >= 11 is 0. The Balaban J connectivity index is 1.95. The van der Waals surface area contributed by atoms with Gasteiger partial charge in [-0.25, -0.2) is 4.68 Å². The van der Waals surface area contributed by atoms with Crippen molar-refractivity contribution in [3.05, 3.63) is 83.9 Å². The number of aromatic nitrogens is 2. The lowest BCUT2D eigenvalue weighted by atomic mass is 9.99. The second-order valence-corrected chi connectivity index (χ2v) is 7.24. The Labute approximate surface area is 177 Å². The fourth-order valence-corrected chi connectivity index (χ4v) is 3.76. The van der Waals surface area contributed by atoms with E-state index in [1.54, 1.807) is 14.2 Å². The molecule has 0 N–H and O–H groups in total. The van der Waals surface area contributed by atoms with E-state index in [0.717, 1.165) is 46.1 Å². The predicted octanol–water partition coefficient (Wildman–Crippen LogP) is 6.09. The van der Waals surface area contributed by atoms with Crippen LogP contribution in [0.25, 0.3) is 28.2 Å². The average Bonchev–Trinajstić information content (AvgIpc) is 3.19. The fraction of sp³-hybridized carbons (Fsp3) is 0.192. The van der Waals surface area contributed by atoms with Gasteiger partial charge in [0.2, 0.25) is 0 Å². The topological polar surface area (TPSA) is 36.3 Å². The number of methoxy groups -OCH3 is 2. The highest BCUT2D eigenvalue weighted by Gasteiger charge is 2.20. The summed E-state index contributed by atoms with van der Waals surface area (Å²) in [6.07, 6.45) is 0.870. The van der Waals surface area contributed by atoms with E-state index in [0.29, 0.717) is 0 Å². The van der Waals surface area contributed by atoms with E-state index in [1.807, 2.05) is 24.3 Å². The van der Waals surface area contributed by atoms with Crippen LogP contribution in [-0.4, -0.2) is 24.0 Å². The van der Waals surface area contributed by atoms with Gasteiger partial charge >= 0.3 is 0 Å². The molecule has 3 aromatic carbocycles. The lowest BCUT2D eigenvalue weighted by Crippen LogP contribution is -2.00. The number of aryl methyl sites for hydroxylation is 1. The lowest BCUT2D eigenvalue weighted by Gasteiger charge is -2.11. The van der Waals surface area contributed by atoms with Crippen molar-refractivity contribution in [3.8, 4) is 39.7 Å². The highest BCUT2D eigenvalue weighted by Crippen LogP contribution is 2.36. The molecule has 0 bridgehead atoms. The van der Waals surface area contributed by atoms with Crippen molar-refractivity contribution in [2.45, 2.75) is 20.3 Å². The van der Waals surface area contributed by atoms with E-state index in [-0.39, 0.29) is 0 Å². The van der Waals surface area contributed by atoms with Gasteiger partial charge in [0.1, 0.15) is 11.5 Å². The minimum atomic E-state index is 0.838. The first-order valence-corrected chi connectivity index (χ1v) is 10.1. The van der Waals surface area contributed by atoms with Gasteiger partial charge < -0.3 is 9.47 Å². The van der Waals surface area contributed by atoms with Crippen LogP contribution in [0.5, 0.6) is 11.5 Å². The van der Waals surface area contributed by atoms with Crippen LogP contribution >= 0.6 is 0 Å². The SMILES string of the molecule is CCc1c(-c2ccc(OC)cc2)nn(-c2cccc(C)c2)c1-c1ccc(OC)cc1. The Morgan fingerprint density at radius 2 is 1.40 bits per heavy atom. The van der Waals surface area contributed by atoms with E-state index in [4.69, 9.17) is 14.6 Å². The smallest absolute Gasteiger partial charge is 0.118 e.